The van der Waals surface area contributed by atoms with Gasteiger partial charge in [-0.2, -0.15) is 0 Å². The summed E-state index contributed by atoms with van der Waals surface area (Å²) in [7, 11) is 0. The first-order chi connectivity index (χ1) is 24.4. The SMILES string of the molecule is C=C(C)C(=O)OCCNC(=O)OC(COC(C)C)CSc1cccc(/C=C/C(=O)OCCNC(=O)OC(COC(C)C)CSc2ccccc2)c1. The molecule has 2 amide bonds. The minimum Gasteiger partial charge on any atom is -0.461 e. The molecule has 2 rings (SSSR count). The van der Waals surface area contributed by atoms with Crippen LogP contribution in [0.3, 0.4) is 0 Å². The van der Waals surface area contributed by atoms with Crippen LogP contribution in [-0.4, -0.2) is 99.6 Å². The van der Waals surface area contributed by atoms with Crippen molar-refractivity contribution in [1.82, 2.24) is 10.6 Å². The summed E-state index contributed by atoms with van der Waals surface area (Å²) in [5, 5.41) is 5.17. The van der Waals surface area contributed by atoms with Crippen molar-refractivity contribution in [3.63, 3.8) is 0 Å². The van der Waals surface area contributed by atoms with E-state index in [4.69, 9.17) is 28.4 Å². The second-order valence-electron chi connectivity index (χ2n) is 11.6. The quantitative estimate of drug-likeness (QED) is 0.0433. The summed E-state index contributed by atoms with van der Waals surface area (Å²) < 4.78 is 32.6. The summed E-state index contributed by atoms with van der Waals surface area (Å²) >= 11 is 3.03. The number of hydrogen-bond donors (Lipinski definition) is 2. The third-order valence-electron chi connectivity index (χ3n) is 6.23. The van der Waals surface area contributed by atoms with Crippen LogP contribution in [0, 0.1) is 0 Å². The maximum atomic E-state index is 12.4. The van der Waals surface area contributed by atoms with Crippen LogP contribution < -0.4 is 10.6 Å². The minimum atomic E-state index is -0.653. The number of alkyl carbamates (subject to hydrolysis) is 2. The average molecular weight is 747 g/mol. The van der Waals surface area contributed by atoms with Crippen LogP contribution in [0.5, 0.6) is 0 Å². The minimum absolute atomic E-state index is 0.00389. The molecule has 0 fully saturated rings. The van der Waals surface area contributed by atoms with E-state index in [-0.39, 0.29) is 57.3 Å². The molecule has 14 heteroatoms. The van der Waals surface area contributed by atoms with Gasteiger partial charge in [-0.3, -0.25) is 0 Å². The topological polar surface area (TPSA) is 148 Å². The number of esters is 2. The fourth-order valence-electron chi connectivity index (χ4n) is 3.76. The number of hydrogen-bond acceptors (Lipinski definition) is 12. The lowest BCUT2D eigenvalue weighted by molar-refractivity contribution is -0.139. The molecule has 280 valence electrons. The normalized spacial score (nSPS) is 12.3. The molecular weight excluding hydrogens is 697 g/mol. The first-order valence-corrected chi connectivity index (χ1v) is 18.6. The van der Waals surface area contributed by atoms with Crippen molar-refractivity contribution in [1.29, 1.82) is 0 Å². The van der Waals surface area contributed by atoms with Crippen molar-refractivity contribution >= 4 is 53.7 Å². The summed E-state index contributed by atoms with van der Waals surface area (Å²) in [6.07, 6.45) is 0.593. The van der Waals surface area contributed by atoms with Gasteiger partial charge in [-0.25, -0.2) is 19.2 Å². The Morgan fingerprint density at radius 1 is 0.745 bits per heavy atom. The lowest BCUT2D eigenvalue weighted by Gasteiger charge is -2.19. The highest BCUT2D eigenvalue weighted by atomic mass is 32.2. The maximum absolute atomic E-state index is 12.4. The van der Waals surface area contributed by atoms with Gasteiger partial charge < -0.3 is 39.1 Å². The van der Waals surface area contributed by atoms with Crippen molar-refractivity contribution in [2.24, 2.45) is 0 Å². The van der Waals surface area contributed by atoms with Gasteiger partial charge >= 0.3 is 24.1 Å². The Morgan fingerprint density at radius 3 is 1.82 bits per heavy atom. The highest BCUT2D eigenvalue weighted by Crippen LogP contribution is 2.22. The molecule has 0 aromatic heterocycles. The number of nitrogens with one attached hydrogen (secondary N) is 2. The summed E-state index contributed by atoms with van der Waals surface area (Å²) in [5.74, 6) is -0.158. The lowest BCUT2D eigenvalue weighted by atomic mass is 10.2. The van der Waals surface area contributed by atoms with Gasteiger partial charge in [0.05, 0.1) is 38.5 Å². The van der Waals surface area contributed by atoms with E-state index in [0.29, 0.717) is 11.5 Å². The van der Waals surface area contributed by atoms with Gasteiger partial charge in [-0.15, -0.1) is 23.5 Å². The van der Waals surface area contributed by atoms with Crippen LogP contribution in [0.2, 0.25) is 0 Å². The third-order valence-corrected chi connectivity index (χ3v) is 8.50. The highest BCUT2D eigenvalue weighted by molar-refractivity contribution is 7.99. The Kier molecular flexibility index (Phi) is 21.2. The molecule has 2 atom stereocenters. The molecule has 2 aromatic rings. The van der Waals surface area contributed by atoms with Gasteiger partial charge in [0.15, 0.2) is 0 Å². The molecule has 0 spiro atoms. The van der Waals surface area contributed by atoms with Crippen LogP contribution in [0.4, 0.5) is 9.59 Å². The van der Waals surface area contributed by atoms with Crippen LogP contribution in [-0.2, 0) is 38.0 Å². The highest BCUT2D eigenvalue weighted by Gasteiger charge is 2.18. The number of thioether (sulfide) groups is 2. The van der Waals surface area contributed by atoms with Gasteiger partial charge in [0.25, 0.3) is 0 Å². The van der Waals surface area contributed by atoms with E-state index < -0.39 is 36.3 Å². The molecule has 12 nitrogen and oxygen atoms in total. The van der Waals surface area contributed by atoms with Gasteiger partial charge in [-0.1, -0.05) is 36.9 Å². The van der Waals surface area contributed by atoms with Crippen molar-refractivity contribution in [3.8, 4) is 0 Å². The van der Waals surface area contributed by atoms with Crippen LogP contribution in [0.15, 0.2) is 82.6 Å². The standard InChI is InChI=1S/C37H50N2O10S2/c1-26(2)35(41)45-20-18-39-37(43)49-31(23-47-28(5)6)25-51-33-14-10-11-29(21-33)15-16-34(40)44-19-17-38-36(42)48-30(22-46-27(3)4)24-50-32-12-8-7-9-13-32/h7-16,21,27-28,30-31H,1,17-20,22-25H2,2-6H3,(H,38,42)(H,39,43)/b16-15+. The van der Waals surface area contributed by atoms with E-state index in [9.17, 15) is 19.2 Å². The Hall–Kier alpha value is -3.98. The molecule has 0 saturated heterocycles. The molecule has 2 unspecified atom stereocenters. The number of benzene rings is 2. The molecule has 0 aliphatic rings. The lowest BCUT2D eigenvalue weighted by Crippen LogP contribution is -2.35. The zero-order valence-corrected chi connectivity index (χ0v) is 31.6. The fourth-order valence-corrected chi connectivity index (χ4v) is 5.59. The predicted octanol–water partition coefficient (Wildman–Crippen LogP) is 6.29. The van der Waals surface area contributed by atoms with Crippen LogP contribution in [0.1, 0.15) is 40.2 Å². The Labute approximate surface area is 309 Å². The van der Waals surface area contributed by atoms with Crippen molar-refractivity contribution < 1.29 is 47.6 Å². The molecular formula is C37H50N2O10S2. The average Bonchev–Trinajstić information content (AvgIpc) is 3.10. The monoisotopic (exact) mass is 746 g/mol. The molecule has 51 heavy (non-hydrogen) atoms. The Bertz CT molecular complexity index is 1400. The molecule has 2 aromatic carbocycles. The van der Waals surface area contributed by atoms with E-state index in [1.54, 1.807) is 24.8 Å². The van der Waals surface area contributed by atoms with Crippen LogP contribution >= 0.6 is 23.5 Å². The van der Waals surface area contributed by atoms with E-state index in [0.717, 1.165) is 15.4 Å². The van der Waals surface area contributed by atoms with Gasteiger partial charge in [0, 0.05) is 32.9 Å². The number of amides is 2. The Morgan fingerprint density at radius 2 is 1.27 bits per heavy atom. The maximum Gasteiger partial charge on any atom is 0.407 e. The molecule has 0 aliphatic heterocycles. The van der Waals surface area contributed by atoms with Crippen molar-refractivity contribution in [2.45, 2.75) is 68.8 Å². The molecule has 0 radical (unpaired) electrons. The number of carbonyl (C=O) groups excluding carboxylic acids is 4. The van der Waals surface area contributed by atoms with E-state index in [1.165, 1.54) is 17.8 Å². The summed E-state index contributed by atoms with van der Waals surface area (Å²) in [4.78, 5) is 50.5. The van der Waals surface area contributed by atoms with Gasteiger partial charge in [0.1, 0.15) is 25.4 Å². The number of carbonyl (C=O) groups is 4. The summed E-state index contributed by atoms with van der Waals surface area (Å²) in [6.45, 7) is 13.2. The first kappa shape index (κ1) is 43.2. The zero-order chi connectivity index (χ0) is 37.4. The predicted molar refractivity (Wildman–Crippen MR) is 199 cm³/mol. The third kappa shape index (κ3) is 21.1. The van der Waals surface area contributed by atoms with Gasteiger partial charge in [0.2, 0.25) is 0 Å². The fraction of sp³-hybridized carbons (Fsp3) is 0.459. The second-order valence-corrected chi connectivity index (χ2v) is 13.8. The summed E-state index contributed by atoms with van der Waals surface area (Å²) in [5.41, 5.74) is 1.04. The van der Waals surface area contributed by atoms with E-state index >= 15 is 0 Å². The van der Waals surface area contributed by atoms with Gasteiger partial charge in [-0.05, 0) is 70.5 Å². The molecule has 2 N–H and O–H groups in total. The Balaban J connectivity index is 1.77. The zero-order valence-electron chi connectivity index (χ0n) is 29.9. The van der Waals surface area contributed by atoms with E-state index in [1.807, 2.05) is 82.3 Å². The van der Waals surface area contributed by atoms with E-state index in [2.05, 4.69) is 17.2 Å². The number of rotatable bonds is 23. The van der Waals surface area contributed by atoms with Crippen LogP contribution in [0.25, 0.3) is 6.08 Å². The second kappa shape index (κ2) is 25.1. The molecule has 0 bridgehead atoms. The molecule has 0 aliphatic carbocycles. The van der Waals surface area contributed by atoms with Crippen molar-refractivity contribution in [3.05, 3.63) is 78.4 Å². The van der Waals surface area contributed by atoms with Crippen molar-refractivity contribution in [2.75, 3.05) is 51.0 Å². The smallest absolute Gasteiger partial charge is 0.407 e. The molecule has 0 heterocycles. The first-order valence-electron chi connectivity index (χ1n) is 16.6. The largest absolute Gasteiger partial charge is 0.461 e. The number of ether oxygens (including phenoxy) is 6. The summed E-state index contributed by atoms with van der Waals surface area (Å²) in [6, 6.07) is 17.3. The molecule has 0 saturated carbocycles.